The number of hydrogen-bond acceptors (Lipinski definition) is 2. The van der Waals surface area contributed by atoms with Crippen LogP contribution in [0.4, 0.5) is 0 Å². The zero-order valence-corrected chi connectivity index (χ0v) is 7.16. The van der Waals surface area contributed by atoms with Crippen molar-refractivity contribution in [1.29, 1.82) is 0 Å². The first-order valence-electron chi connectivity index (χ1n) is 4.69. The summed E-state index contributed by atoms with van der Waals surface area (Å²) in [6.45, 7) is 0.289. The van der Waals surface area contributed by atoms with Crippen molar-refractivity contribution in [2.75, 3.05) is 6.61 Å². The number of hydrogen-bond donors (Lipinski definition) is 0. The molecule has 0 radical (unpaired) electrons. The molecule has 2 aliphatic rings. The maximum atomic E-state index is 11.0. The van der Waals surface area contributed by atoms with Crippen LogP contribution < -0.4 is 0 Å². The zero-order chi connectivity index (χ0) is 8.39. The van der Waals surface area contributed by atoms with E-state index in [9.17, 15) is 4.79 Å². The van der Waals surface area contributed by atoms with E-state index in [1.165, 1.54) is 19.3 Å². The van der Waals surface area contributed by atoms with Gasteiger partial charge in [0, 0.05) is 5.92 Å². The molecule has 0 N–H and O–H groups in total. The Morgan fingerprint density at radius 1 is 1.33 bits per heavy atom. The molecule has 2 nitrogen and oxygen atoms in total. The maximum Gasteiger partial charge on any atom is 0.180 e. The Morgan fingerprint density at radius 2 is 2.17 bits per heavy atom. The number of rotatable bonds is 0. The third kappa shape index (κ3) is 1.58. The Bertz CT molecular complexity index is 208. The molecule has 1 heterocycles. The van der Waals surface area contributed by atoms with Crippen LogP contribution >= 0.6 is 0 Å². The average molecular weight is 166 g/mol. The fourth-order valence-corrected chi connectivity index (χ4v) is 2.02. The average Bonchev–Trinajstić information content (AvgIpc) is 2.29. The molecule has 0 amide bonds. The van der Waals surface area contributed by atoms with Gasteiger partial charge in [-0.25, -0.2) is 0 Å². The van der Waals surface area contributed by atoms with Crippen LogP contribution in [0.5, 0.6) is 0 Å². The van der Waals surface area contributed by atoms with E-state index in [4.69, 9.17) is 4.74 Å². The maximum absolute atomic E-state index is 11.0. The smallest absolute Gasteiger partial charge is 0.180 e. The largest absolute Gasteiger partial charge is 0.369 e. The van der Waals surface area contributed by atoms with Crippen LogP contribution in [0, 0.1) is 5.92 Å². The van der Waals surface area contributed by atoms with Crippen LogP contribution in [0.1, 0.15) is 25.7 Å². The summed E-state index contributed by atoms with van der Waals surface area (Å²) >= 11 is 0. The second kappa shape index (κ2) is 3.40. The minimum absolute atomic E-state index is 0.115. The monoisotopic (exact) mass is 166 g/mol. The molecule has 0 bridgehead atoms. The van der Waals surface area contributed by atoms with Gasteiger partial charge in [-0.3, -0.25) is 4.79 Å². The van der Waals surface area contributed by atoms with E-state index in [2.05, 4.69) is 0 Å². The third-order valence-corrected chi connectivity index (χ3v) is 2.72. The van der Waals surface area contributed by atoms with Crippen molar-refractivity contribution in [3.8, 4) is 0 Å². The summed E-state index contributed by atoms with van der Waals surface area (Å²) in [7, 11) is 0. The van der Waals surface area contributed by atoms with Gasteiger partial charge < -0.3 is 4.74 Å². The molecule has 0 spiro atoms. The minimum atomic E-state index is 0.115. The Morgan fingerprint density at radius 3 is 3.08 bits per heavy atom. The van der Waals surface area contributed by atoms with Crippen LogP contribution in [-0.2, 0) is 9.53 Å². The first-order chi connectivity index (χ1) is 5.86. The Kier molecular flexibility index (Phi) is 2.26. The molecule has 2 heteroatoms. The van der Waals surface area contributed by atoms with E-state index in [1.807, 2.05) is 6.08 Å². The van der Waals surface area contributed by atoms with Crippen LogP contribution in [0.3, 0.4) is 0 Å². The standard InChI is InChI=1S/C10H14O2/c11-9-6-5-8-3-1-2-4-10(8)12-7-9/h5-6,8,10H,1-4,7H2. The molecule has 2 atom stereocenters. The van der Waals surface area contributed by atoms with E-state index >= 15 is 0 Å². The lowest BCUT2D eigenvalue weighted by Gasteiger charge is -2.27. The Balaban J connectivity index is 2.08. The Labute approximate surface area is 72.6 Å². The molecular weight excluding hydrogens is 152 g/mol. The molecule has 1 aliphatic heterocycles. The number of carbonyl (C=O) groups is 1. The van der Waals surface area contributed by atoms with E-state index < -0.39 is 0 Å². The third-order valence-electron chi connectivity index (χ3n) is 2.72. The van der Waals surface area contributed by atoms with Crippen molar-refractivity contribution < 1.29 is 9.53 Å². The second-order valence-corrected chi connectivity index (χ2v) is 3.62. The van der Waals surface area contributed by atoms with Gasteiger partial charge in [0.05, 0.1) is 6.10 Å². The van der Waals surface area contributed by atoms with Crippen LogP contribution in [0.15, 0.2) is 12.2 Å². The zero-order valence-electron chi connectivity index (χ0n) is 7.16. The Hall–Kier alpha value is -0.630. The van der Waals surface area contributed by atoms with Gasteiger partial charge in [0.15, 0.2) is 5.78 Å². The van der Waals surface area contributed by atoms with Crippen molar-refractivity contribution in [3.05, 3.63) is 12.2 Å². The minimum Gasteiger partial charge on any atom is -0.369 e. The van der Waals surface area contributed by atoms with Crippen molar-refractivity contribution in [1.82, 2.24) is 0 Å². The normalized spacial score (nSPS) is 35.8. The summed E-state index contributed by atoms with van der Waals surface area (Å²) in [5, 5.41) is 0. The molecule has 1 saturated carbocycles. The highest BCUT2D eigenvalue weighted by Gasteiger charge is 2.25. The predicted octanol–water partition coefficient (Wildman–Crippen LogP) is 1.70. The quantitative estimate of drug-likeness (QED) is 0.547. The summed E-state index contributed by atoms with van der Waals surface area (Å²) in [6.07, 6.45) is 8.90. The second-order valence-electron chi connectivity index (χ2n) is 3.62. The van der Waals surface area contributed by atoms with Crippen LogP contribution in [0.2, 0.25) is 0 Å². The van der Waals surface area contributed by atoms with Gasteiger partial charge in [-0.05, 0) is 18.9 Å². The SMILES string of the molecule is O=C1C=CC2CCCCC2OC1. The molecule has 0 aromatic rings. The summed E-state index contributed by atoms with van der Waals surface area (Å²) in [6, 6.07) is 0. The highest BCUT2D eigenvalue weighted by molar-refractivity contribution is 5.90. The van der Waals surface area contributed by atoms with Gasteiger partial charge in [-0.2, -0.15) is 0 Å². The summed E-state index contributed by atoms with van der Waals surface area (Å²) < 4.78 is 5.51. The van der Waals surface area contributed by atoms with Crippen molar-refractivity contribution in [2.24, 2.45) is 5.92 Å². The molecule has 0 aromatic carbocycles. The molecule has 1 aliphatic carbocycles. The molecule has 0 saturated heterocycles. The fourth-order valence-electron chi connectivity index (χ4n) is 2.02. The lowest BCUT2D eigenvalue weighted by atomic mass is 9.86. The van der Waals surface area contributed by atoms with Crippen molar-refractivity contribution >= 4 is 5.78 Å². The first kappa shape index (κ1) is 7.99. The van der Waals surface area contributed by atoms with E-state index in [1.54, 1.807) is 6.08 Å². The molecule has 0 aromatic heterocycles. The summed E-state index contributed by atoms with van der Waals surface area (Å²) in [5.74, 6) is 0.620. The molecule has 66 valence electrons. The topological polar surface area (TPSA) is 26.3 Å². The van der Waals surface area contributed by atoms with Crippen LogP contribution in [0.25, 0.3) is 0 Å². The lowest BCUT2D eigenvalue weighted by Crippen LogP contribution is -2.26. The number of carbonyl (C=O) groups excluding carboxylic acids is 1. The molecular formula is C10H14O2. The van der Waals surface area contributed by atoms with Crippen molar-refractivity contribution in [2.45, 2.75) is 31.8 Å². The van der Waals surface area contributed by atoms with Gasteiger partial charge in [0.2, 0.25) is 0 Å². The summed E-state index contributed by atoms with van der Waals surface area (Å²) in [4.78, 5) is 11.0. The van der Waals surface area contributed by atoms with Crippen LogP contribution in [-0.4, -0.2) is 18.5 Å². The molecule has 2 rings (SSSR count). The van der Waals surface area contributed by atoms with E-state index in [0.29, 0.717) is 12.0 Å². The number of fused-ring (bicyclic) bond motifs is 1. The fraction of sp³-hybridized carbons (Fsp3) is 0.700. The predicted molar refractivity (Wildman–Crippen MR) is 45.8 cm³/mol. The van der Waals surface area contributed by atoms with Crippen molar-refractivity contribution in [3.63, 3.8) is 0 Å². The summed E-state index contributed by atoms with van der Waals surface area (Å²) in [5.41, 5.74) is 0. The number of ketones is 1. The van der Waals surface area contributed by atoms with E-state index in [-0.39, 0.29) is 12.4 Å². The first-order valence-corrected chi connectivity index (χ1v) is 4.69. The van der Waals surface area contributed by atoms with E-state index in [0.717, 1.165) is 6.42 Å². The highest BCUT2D eigenvalue weighted by atomic mass is 16.5. The highest BCUT2D eigenvalue weighted by Crippen LogP contribution is 2.28. The van der Waals surface area contributed by atoms with Gasteiger partial charge in [0.1, 0.15) is 6.61 Å². The van der Waals surface area contributed by atoms with Gasteiger partial charge >= 0.3 is 0 Å². The van der Waals surface area contributed by atoms with Gasteiger partial charge in [-0.15, -0.1) is 0 Å². The van der Waals surface area contributed by atoms with Gasteiger partial charge in [0.25, 0.3) is 0 Å². The molecule has 1 fully saturated rings. The number of ether oxygens (including phenoxy) is 1. The molecule has 2 unspecified atom stereocenters. The molecule has 12 heavy (non-hydrogen) atoms. The lowest BCUT2D eigenvalue weighted by molar-refractivity contribution is -0.121. The van der Waals surface area contributed by atoms with Gasteiger partial charge in [-0.1, -0.05) is 18.9 Å².